The zero-order valence-electron chi connectivity index (χ0n) is 18.9. The Bertz CT molecular complexity index is 1300. The molecular weight excluding hydrogens is 530 g/mol. The molecule has 0 atom stereocenters. The molecule has 1 aromatic carbocycles. The molecule has 1 rings (SSSR count). The highest BCUT2D eigenvalue weighted by Crippen LogP contribution is 2.26. The minimum Gasteiger partial charge on any atom is -0.351 e. The maximum Gasteiger partial charge on any atom is 0.266 e. The van der Waals surface area contributed by atoms with E-state index in [1.165, 1.54) is 19.1 Å². The number of rotatable bonds is 13. The van der Waals surface area contributed by atoms with E-state index in [1.807, 2.05) is 0 Å². The van der Waals surface area contributed by atoms with E-state index < -0.39 is 72.5 Å². The number of hydrogen-bond acceptors (Lipinski definition) is 9. The summed E-state index contributed by atoms with van der Waals surface area (Å²) in [6.45, 7) is 2.22. The molecule has 0 fully saturated rings. The van der Waals surface area contributed by atoms with Crippen molar-refractivity contribution in [2.75, 3.05) is 30.3 Å². The molecule has 1 aromatic rings. The fourth-order valence-corrected chi connectivity index (χ4v) is 3.97. The van der Waals surface area contributed by atoms with Crippen molar-refractivity contribution in [3.8, 4) is 0 Å². The quantitative estimate of drug-likeness (QED) is 0.160. The fourth-order valence-electron chi connectivity index (χ4n) is 2.74. The summed E-state index contributed by atoms with van der Waals surface area (Å²) in [6.07, 6.45) is 0.228. The lowest BCUT2D eigenvalue weighted by molar-refractivity contribution is 0.0954. The summed E-state index contributed by atoms with van der Waals surface area (Å²) in [7, 11) is -12.8. The molecule has 0 spiro atoms. The van der Waals surface area contributed by atoms with Crippen molar-refractivity contribution >= 4 is 53.6 Å². The zero-order valence-corrected chi connectivity index (χ0v) is 21.3. The van der Waals surface area contributed by atoms with E-state index in [0.717, 1.165) is 0 Å². The Morgan fingerprint density at radius 3 is 1.80 bits per heavy atom. The van der Waals surface area contributed by atoms with Gasteiger partial charge in [-0.1, -0.05) is 0 Å². The van der Waals surface area contributed by atoms with Gasteiger partial charge in [-0.25, -0.2) is 0 Å². The molecule has 17 heteroatoms. The first kappa shape index (κ1) is 30.6. The number of carbonyl (C=O) groups excluding carboxylic acids is 2. The van der Waals surface area contributed by atoms with Crippen LogP contribution in [-0.2, 0) is 30.4 Å². The molecule has 35 heavy (non-hydrogen) atoms. The summed E-state index contributed by atoms with van der Waals surface area (Å²) in [5.41, 5.74) is 0.690. The average Bonchev–Trinajstić information content (AvgIpc) is 2.66. The first-order valence-corrected chi connectivity index (χ1v) is 14.8. The third-order valence-electron chi connectivity index (χ3n) is 4.43. The number of benzene rings is 1. The molecule has 0 radical (unpaired) electrons. The Morgan fingerprint density at radius 2 is 1.31 bits per heavy atom. The molecule has 5 N–H and O–H groups in total. The number of carbonyl (C=O) groups is 2. The van der Waals surface area contributed by atoms with Gasteiger partial charge in [-0.2, -0.15) is 25.3 Å². The Hall–Kier alpha value is -2.44. The van der Waals surface area contributed by atoms with Crippen molar-refractivity contribution in [2.45, 2.75) is 26.7 Å². The van der Waals surface area contributed by atoms with Crippen LogP contribution >= 0.6 is 0 Å². The normalized spacial score (nSPS) is 12.9. The highest BCUT2D eigenvalue weighted by Gasteiger charge is 2.18. The topological polar surface area (TPSA) is 234 Å². The van der Waals surface area contributed by atoms with Crippen LogP contribution in [0.1, 0.15) is 46.0 Å². The van der Waals surface area contributed by atoms with E-state index in [9.17, 15) is 34.8 Å². The van der Waals surface area contributed by atoms with Gasteiger partial charge in [0.2, 0.25) is 0 Å². The first-order chi connectivity index (χ1) is 15.9. The van der Waals surface area contributed by atoms with Gasteiger partial charge in [-0.15, -0.1) is 0 Å². The molecule has 198 valence electrons. The number of hydrogen-bond donors (Lipinski definition) is 5. The molecule has 0 saturated heterocycles. The Balaban J connectivity index is 3.27. The van der Waals surface area contributed by atoms with Gasteiger partial charge in [0.25, 0.3) is 42.2 Å². The second kappa shape index (κ2) is 12.5. The van der Waals surface area contributed by atoms with Crippen LogP contribution in [0, 0.1) is 6.92 Å². The molecule has 0 unspecified atom stereocenters. The van der Waals surface area contributed by atoms with Gasteiger partial charge >= 0.3 is 0 Å². The summed E-state index contributed by atoms with van der Waals surface area (Å²) >= 11 is 0. The Labute approximate surface area is 203 Å². The smallest absolute Gasteiger partial charge is 0.266 e. The highest BCUT2D eigenvalue weighted by atomic mass is 32.2. The molecule has 2 amide bonds. The predicted molar refractivity (Wildman–Crippen MR) is 127 cm³/mol. The van der Waals surface area contributed by atoms with Gasteiger partial charge in [-0.05, 0) is 44.4 Å². The maximum atomic E-state index is 12.6. The minimum atomic E-state index is -4.33. The average molecular weight is 558 g/mol. The zero-order chi connectivity index (χ0) is 27.0. The number of aliphatic imine (C=N–C) groups is 1. The maximum absolute atomic E-state index is 12.6. The van der Waals surface area contributed by atoms with Crippen LogP contribution in [-0.4, -0.2) is 86.8 Å². The second-order valence-corrected chi connectivity index (χ2v) is 12.2. The molecular formula is C18H27N3O11S3. The van der Waals surface area contributed by atoms with Crippen LogP contribution in [0.5, 0.6) is 0 Å². The first-order valence-electron chi connectivity index (χ1n) is 9.98. The molecule has 14 nitrogen and oxygen atoms in total. The van der Waals surface area contributed by atoms with E-state index in [-0.39, 0.29) is 35.2 Å². The number of nitrogens with zero attached hydrogens (tertiary/aromatic N) is 1. The SMILES string of the molecule is CC(CCCS(=O)(=O)O)=Nc1cc(C(=O)NCCS(=O)(=O)O)cc(C(=O)NCCS(=O)(=O)O)c1C. The highest BCUT2D eigenvalue weighted by molar-refractivity contribution is 7.86. The molecule has 0 aliphatic rings. The van der Waals surface area contributed by atoms with Crippen LogP contribution in [0.4, 0.5) is 5.69 Å². The second-order valence-electron chi connectivity index (χ2n) is 7.49. The van der Waals surface area contributed by atoms with Crippen molar-refractivity contribution in [3.05, 3.63) is 28.8 Å². The molecule has 0 heterocycles. The van der Waals surface area contributed by atoms with Gasteiger partial charge in [0, 0.05) is 29.9 Å². The Morgan fingerprint density at radius 1 is 0.829 bits per heavy atom. The summed E-state index contributed by atoms with van der Waals surface area (Å²) < 4.78 is 91.7. The lowest BCUT2D eigenvalue weighted by Crippen LogP contribution is -2.31. The monoisotopic (exact) mass is 557 g/mol. The van der Waals surface area contributed by atoms with Crippen LogP contribution in [0.3, 0.4) is 0 Å². The molecule has 0 aliphatic heterocycles. The molecule has 0 aliphatic carbocycles. The fraction of sp³-hybridized carbons (Fsp3) is 0.500. The van der Waals surface area contributed by atoms with Gasteiger partial charge in [0.05, 0.1) is 22.9 Å². The summed E-state index contributed by atoms with van der Waals surface area (Å²) in [5, 5.41) is 4.56. The number of amides is 2. The third kappa shape index (κ3) is 12.7. The summed E-state index contributed by atoms with van der Waals surface area (Å²) in [5.74, 6) is -3.55. The van der Waals surface area contributed by atoms with Crippen LogP contribution < -0.4 is 10.6 Å². The lowest BCUT2D eigenvalue weighted by atomic mass is 10.0. The minimum absolute atomic E-state index is 0.0615. The summed E-state index contributed by atoms with van der Waals surface area (Å²) in [4.78, 5) is 29.4. The third-order valence-corrected chi connectivity index (χ3v) is 6.68. The van der Waals surface area contributed by atoms with Crippen molar-refractivity contribution in [3.63, 3.8) is 0 Å². The van der Waals surface area contributed by atoms with Gasteiger partial charge < -0.3 is 10.6 Å². The van der Waals surface area contributed by atoms with Crippen molar-refractivity contribution in [1.29, 1.82) is 0 Å². The molecule has 0 saturated carbocycles. The number of nitrogens with one attached hydrogen (secondary N) is 2. The van der Waals surface area contributed by atoms with Crippen LogP contribution in [0.2, 0.25) is 0 Å². The predicted octanol–water partition coefficient (Wildman–Crippen LogP) is -0.00938. The van der Waals surface area contributed by atoms with Gasteiger partial charge in [0.1, 0.15) is 0 Å². The standard InChI is InChI=1S/C18H27N3O11S3/c1-12(4-3-7-33(24,25)26)21-16-11-14(17(22)19-5-8-34(27,28)29)10-15(13(16)2)18(23)20-6-9-35(30,31)32/h10-11H,3-9H2,1-2H3,(H,19,22)(H,20,23)(H,24,25,26)(H,27,28,29)(H,30,31,32). The van der Waals surface area contributed by atoms with Crippen molar-refractivity contribution in [1.82, 2.24) is 10.6 Å². The summed E-state index contributed by atoms with van der Waals surface area (Å²) in [6, 6.07) is 2.48. The van der Waals surface area contributed by atoms with E-state index in [2.05, 4.69) is 15.6 Å². The van der Waals surface area contributed by atoms with Crippen LogP contribution in [0.25, 0.3) is 0 Å². The van der Waals surface area contributed by atoms with E-state index in [0.29, 0.717) is 5.71 Å². The molecule has 0 bridgehead atoms. The lowest BCUT2D eigenvalue weighted by Gasteiger charge is -2.13. The van der Waals surface area contributed by atoms with Gasteiger partial charge in [-0.3, -0.25) is 28.2 Å². The van der Waals surface area contributed by atoms with E-state index in [4.69, 9.17) is 13.7 Å². The molecule has 0 aromatic heterocycles. The Kier molecular flexibility index (Phi) is 10.9. The van der Waals surface area contributed by atoms with E-state index in [1.54, 1.807) is 6.92 Å². The van der Waals surface area contributed by atoms with Crippen LogP contribution in [0.15, 0.2) is 17.1 Å². The largest absolute Gasteiger partial charge is 0.351 e. The van der Waals surface area contributed by atoms with Crippen molar-refractivity contribution in [2.24, 2.45) is 4.99 Å². The van der Waals surface area contributed by atoms with Crippen molar-refractivity contribution < 1.29 is 48.5 Å². The van der Waals surface area contributed by atoms with E-state index >= 15 is 0 Å². The van der Waals surface area contributed by atoms with Gasteiger partial charge in [0.15, 0.2) is 0 Å².